The van der Waals surface area contributed by atoms with E-state index in [1.165, 1.54) is 4.88 Å². The number of hydrogen-bond donors (Lipinski definition) is 1. The molecule has 0 saturated heterocycles. The topological polar surface area (TPSA) is 24.5 Å². The van der Waals surface area contributed by atoms with Gasteiger partial charge in [-0.2, -0.15) is 0 Å². The first-order valence-corrected chi connectivity index (χ1v) is 6.15. The molecule has 0 fully saturated rings. The molecule has 0 radical (unpaired) electrons. The van der Waals surface area contributed by atoms with Gasteiger partial charge in [0, 0.05) is 19.6 Å². The van der Waals surface area contributed by atoms with Crippen LogP contribution in [0, 0.1) is 0 Å². The van der Waals surface area contributed by atoms with Gasteiger partial charge in [0.05, 0.1) is 12.0 Å². The molecule has 1 rings (SSSR count). The Kier molecular flexibility index (Phi) is 5.68. The summed E-state index contributed by atoms with van der Waals surface area (Å²) in [5.41, 5.74) is 0. The summed E-state index contributed by atoms with van der Waals surface area (Å²) in [7, 11) is 3.85. The highest BCUT2D eigenvalue weighted by Crippen LogP contribution is 2.23. The lowest BCUT2D eigenvalue weighted by Gasteiger charge is -2.13. The van der Waals surface area contributed by atoms with Crippen LogP contribution in [0.15, 0.2) is 11.4 Å². The second-order valence-electron chi connectivity index (χ2n) is 3.48. The highest BCUT2D eigenvalue weighted by Gasteiger charge is 2.03. The van der Waals surface area contributed by atoms with Crippen LogP contribution < -0.4 is 10.1 Å². The van der Waals surface area contributed by atoms with Crippen molar-refractivity contribution in [1.82, 2.24) is 10.2 Å². The molecule has 1 heterocycles. The number of nitrogens with one attached hydrogen (secondary N) is 1. The van der Waals surface area contributed by atoms with Gasteiger partial charge in [-0.3, -0.25) is 0 Å². The summed E-state index contributed by atoms with van der Waals surface area (Å²) in [4.78, 5) is 3.57. The first kappa shape index (κ1) is 12.5. The van der Waals surface area contributed by atoms with Gasteiger partial charge in [-0.15, -0.1) is 11.3 Å². The minimum absolute atomic E-state index is 0.901. The van der Waals surface area contributed by atoms with E-state index in [2.05, 4.69) is 29.6 Å². The molecule has 0 aliphatic heterocycles. The van der Waals surface area contributed by atoms with Gasteiger partial charge < -0.3 is 15.0 Å². The van der Waals surface area contributed by atoms with E-state index in [-0.39, 0.29) is 0 Å². The number of ether oxygens (including phenoxy) is 1. The van der Waals surface area contributed by atoms with E-state index in [1.807, 2.05) is 6.07 Å². The first-order valence-electron chi connectivity index (χ1n) is 5.27. The van der Waals surface area contributed by atoms with Crippen molar-refractivity contribution in [2.75, 3.05) is 33.8 Å². The standard InChI is InChI=1S/C11H20N2OS/c1-4-13(2)7-6-12-9-11-10(14-3)5-8-15-11/h5,8,12H,4,6-7,9H2,1-3H3. The summed E-state index contributed by atoms with van der Waals surface area (Å²) >= 11 is 1.74. The van der Waals surface area contributed by atoms with Crippen molar-refractivity contribution in [1.29, 1.82) is 0 Å². The second-order valence-corrected chi connectivity index (χ2v) is 4.49. The van der Waals surface area contributed by atoms with Crippen LogP contribution in [0.3, 0.4) is 0 Å². The lowest BCUT2D eigenvalue weighted by atomic mass is 10.4. The van der Waals surface area contributed by atoms with Crippen molar-refractivity contribution >= 4 is 11.3 Å². The molecule has 0 saturated carbocycles. The maximum absolute atomic E-state index is 5.24. The average Bonchev–Trinajstić information content (AvgIpc) is 2.71. The molecule has 4 heteroatoms. The van der Waals surface area contributed by atoms with Crippen LogP contribution in [0.1, 0.15) is 11.8 Å². The van der Waals surface area contributed by atoms with E-state index in [4.69, 9.17) is 4.74 Å². The van der Waals surface area contributed by atoms with Crippen LogP contribution in [0.5, 0.6) is 5.75 Å². The van der Waals surface area contributed by atoms with Gasteiger partial charge in [0.25, 0.3) is 0 Å². The van der Waals surface area contributed by atoms with Crippen LogP contribution in [0.2, 0.25) is 0 Å². The predicted molar refractivity (Wildman–Crippen MR) is 65.7 cm³/mol. The van der Waals surface area contributed by atoms with E-state index >= 15 is 0 Å². The Morgan fingerprint density at radius 2 is 2.33 bits per heavy atom. The maximum atomic E-state index is 5.24. The fraction of sp³-hybridized carbons (Fsp3) is 0.636. The molecular formula is C11H20N2OS. The molecule has 0 atom stereocenters. The number of rotatable bonds is 7. The molecule has 0 aliphatic rings. The SMILES string of the molecule is CCN(C)CCNCc1sccc1OC. The Bertz CT molecular complexity index is 275. The summed E-state index contributed by atoms with van der Waals surface area (Å²) in [6.45, 7) is 6.28. The van der Waals surface area contributed by atoms with Crippen molar-refractivity contribution in [2.45, 2.75) is 13.5 Å². The van der Waals surface area contributed by atoms with Crippen molar-refractivity contribution in [3.8, 4) is 5.75 Å². The van der Waals surface area contributed by atoms with E-state index in [0.29, 0.717) is 0 Å². The number of methoxy groups -OCH3 is 1. The molecule has 1 aromatic heterocycles. The fourth-order valence-electron chi connectivity index (χ4n) is 1.27. The Labute approximate surface area is 96.0 Å². The Morgan fingerprint density at radius 3 is 3.00 bits per heavy atom. The molecular weight excluding hydrogens is 208 g/mol. The fourth-order valence-corrected chi connectivity index (χ4v) is 2.08. The van der Waals surface area contributed by atoms with Gasteiger partial charge in [0.1, 0.15) is 5.75 Å². The summed E-state index contributed by atoms with van der Waals surface area (Å²) in [5.74, 6) is 0.997. The third-order valence-corrected chi connectivity index (χ3v) is 3.32. The summed E-state index contributed by atoms with van der Waals surface area (Å²) in [5, 5.41) is 5.48. The van der Waals surface area contributed by atoms with Crippen LogP contribution in [-0.4, -0.2) is 38.7 Å². The average molecular weight is 228 g/mol. The molecule has 3 nitrogen and oxygen atoms in total. The van der Waals surface area contributed by atoms with Gasteiger partial charge in [0.15, 0.2) is 0 Å². The third-order valence-electron chi connectivity index (χ3n) is 2.42. The highest BCUT2D eigenvalue weighted by molar-refractivity contribution is 7.10. The second kappa shape index (κ2) is 6.82. The summed E-state index contributed by atoms with van der Waals surface area (Å²) in [6, 6.07) is 2.01. The Morgan fingerprint density at radius 1 is 1.53 bits per heavy atom. The minimum atomic E-state index is 0.901. The lowest BCUT2D eigenvalue weighted by Crippen LogP contribution is -2.28. The zero-order valence-electron chi connectivity index (χ0n) is 9.75. The largest absolute Gasteiger partial charge is 0.496 e. The molecule has 86 valence electrons. The lowest BCUT2D eigenvalue weighted by molar-refractivity contribution is 0.348. The van der Waals surface area contributed by atoms with Gasteiger partial charge >= 0.3 is 0 Å². The van der Waals surface area contributed by atoms with Gasteiger partial charge in [-0.05, 0) is 25.0 Å². The molecule has 0 unspecified atom stereocenters. The van der Waals surface area contributed by atoms with Crippen molar-refractivity contribution in [3.63, 3.8) is 0 Å². The Balaban J connectivity index is 2.20. The maximum Gasteiger partial charge on any atom is 0.134 e. The monoisotopic (exact) mass is 228 g/mol. The molecule has 0 aliphatic carbocycles. The molecule has 1 aromatic rings. The van der Waals surface area contributed by atoms with E-state index < -0.39 is 0 Å². The molecule has 0 spiro atoms. The zero-order valence-corrected chi connectivity index (χ0v) is 10.6. The van der Waals surface area contributed by atoms with Crippen molar-refractivity contribution < 1.29 is 4.74 Å². The van der Waals surface area contributed by atoms with Crippen molar-refractivity contribution in [2.24, 2.45) is 0 Å². The Hall–Kier alpha value is -0.580. The summed E-state index contributed by atoms with van der Waals surface area (Å²) < 4.78 is 5.24. The number of hydrogen-bond acceptors (Lipinski definition) is 4. The molecule has 0 aromatic carbocycles. The quantitative estimate of drug-likeness (QED) is 0.720. The van der Waals surface area contributed by atoms with Gasteiger partial charge in [0.2, 0.25) is 0 Å². The molecule has 0 amide bonds. The zero-order chi connectivity index (χ0) is 11.1. The van der Waals surface area contributed by atoms with Gasteiger partial charge in [-0.25, -0.2) is 0 Å². The summed E-state index contributed by atoms with van der Waals surface area (Å²) in [6.07, 6.45) is 0. The van der Waals surface area contributed by atoms with Crippen molar-refractivity contribution in [3.05, 3.63) is 16.3 Å². The van der Waals surface area contributed by atoms with Crippen LogP contribution in [0.25, 0.3) is 0 Å². The number of nitrogens with zero attached hydrogens (tertiary/aromatic N) is 1. The van der Waals surface area contributed by atoms with Crippen LogP contribution in [0.4, 0.5) is 0 Å². The molecule has 15 heavy (non-hydrogen) atoms. The predicted octanol–water partition coefficient (Wildman–Crippen LogP) is 1.80. The van der Waals surface area contributed by atoms with E-state index in [1.54, 1.807) is 18.4 Å². The van der Waals surface area contributed by atoms with Crippen LogP contribution in [-0.2, 0) is 6.54 Å². The van der Waals surface area contributed by atoms with E-state index in [9.17, 15) is 0 Å². The highest BCUT2D eigenvalue weighted by atomic mass is 32.1. The first-order chi connectivity index (χ1) is 7.27. The smallest absolute Gasteiger partial charge is 0.134 e. The number of likely N-dealkylation sites (N-methyl/N-ethyl adjacent to an activating group) is 1. The third kappa shape index (κ3) is 4.20. The normalized spacial score (nSPS) is 10.9. The molecule has 0 bridgehead atoms. The van der Waals surface area contributed by atoms with E-state index in [0.717, 1.165) is 31.9 Å². The molecule has 1 N–H and O–H groups in total. The number of thiophene rings is 1. The van der Waals surface area contributed by atoms with Crippen LogP contribution >= 0.6 is 11.3 Å². The van der Waals surface area contributed by atoms with Gasteiger partial charge in [-0.1, -0.05) is 6.92 Å². The minimum Gasteiger partial charge on any atom is -0.496 e.